The molecule has 3 rings (SSSR count). The summed E-state index contributed by atoms with van der Waals surface area (Å²) in [7, 11) is 0. The lowest BCUT2D eigenvalue weighted by Crippen LogP contribution is -2.37. The molecule has 1 aliphatic rings. The number of likely N-dealkylation sites (tertiary alicyclic amines) is 1. The number of hydrogen-bond acceptors (Lipinski definition) is 2. The maximum absolute atomic E-state index is 12.4. The molecular formula is C19H21ClN2O. The van der Waals surface area contributed by atoms with Gasteiger partial charge in [-0.15, -0.1) is 0 Å². The van der Waals surface area contributed by atoms with Crippen LogP contribution >= 0.6 is 11.6 Å². The van der Waals surface area contributed by atoms with Gasteiger partial charge in [-0.1, -0.05) is 48.0 Å². The maximum atomic E-state index is 12.4. The first-order valence-corrected chi connectivity index (χ1v) is 8.41. The van der Waals surface area contributed by atoms with Crippen LogP contribution in [0.5, 0.6) is 0 Å². The molecule has 1 fully saturated rings. The highest BCUT2D eigenvalue weighted by Crippen LogP contribution is 2.22. The first-order chi connectivity index (χ1) is 11.2. The molecule has 0 aliphatic carbocycles. The Morgan fingerprint density at radius 3 is 2.52 bits per heavy atom. The Bertz CT molecular complexity index is 651. The number of rotatable bonds is 4. The topological polar surface area (TPSA) is 32.3 Å². The summed E-state index contributed by atoms with van der Waals surface area (Å²) in [5.74, 6) is 0.188. The van der Waals surface area contributed by atoms with Crippen LogP contribution in [0.4, 0.5) is 5.69 Å². The smallest absolute Gasteiger partial charge is 0.227 e. The first-order valence-electron chi connectivity index (χ1n) is 8.03. The number of anilines is 1. The fraction of sp³-hybridized carbons (Fsp3) is 0.316. The molecule has 0 spiro atoms. The van der Waals surface area contributed by atoms with Gasteiger partial charge in [0.05, 0.1) is 0 Å². The van der Waals surface area contributed by atoms with Crippen molar-refractivity contribution in [1.82, 2.24) is 4.90 Å². The Morgan fingerprint density at radius 2 is 1.83 bits per heavy atom. The third-order valence-corrected chi connectivity index (χ3v) is 4.53. The van der Waals surface area contributed by atoms with Crippen molar-refractivity contribution in [1.29, 1.82) is 0 Å². The summed E-state index contributed by atoms with van der Waals surface area (Å²) in [6, 6.07) is 17.8. The second-order valence-corrected chi connectivity index (χ2v) is 6.47. The molecule has 1 N–H and O–H groups in total. The average Bonchev–Trinajstić information content (AvgIpc) is 2.56. The summed E-state index contributed by atoms with van der Waals surface area (Å²) in [6.07, 6.45) is 1.80. The highest BCUT2D eigenvalue weighted by molar-refractivity contribution is 6.30. The molecule has 1 heterocycles. The van der Waals surface area contributed by atoms with Crippen molar-refractivity contribution in [3.05, 3.63) is 65.2 Å². The van der Waals surface area contributed by atoms with Crippen molar-refractivity contribution in [2.75, 3.05) is 18.4 Å². The SMILES string of the molecule is O=C(Nc1cccc(Cl)c1)C1CCN(Cc2ccccc2)CC1. The zero-order valence-corrected chi connectivity index (χ0v) is 13.8. The van der Waals surface area contributed by atoms with E-state index in [1.165, 1.54) is 5.56 Å². The number of carbonyl (C=O) groups excluding carboxylic acids is 1. The van der Waals surface area contributed by atoms with Crippen molar-refractivity contribution in [3.63, 3.8) is 0 Å². The number of benzene rings is 2. The minimum atomic E-state index is 0.0843. The zero-order chi connectivity index (χ0) is 16.1. The molecular weight excluding hydrogens is 308 g/mol. The van der Waals surface area contributed by atoms with Gasteiger partial charge in [0.1, 0.15) is 0 Å². The van der Waals surface area contributed by atoms with Crippen LogP contribution in [0.25, 0.3) is 0 Å². The van der Waals surface area contributed by atoms with Gasteiger partial charge in [-0.05, 0) is 49.7 Å². The summed E-state index contributed by atoms with van der Waals surface area (Å²) in [5, 5.41) is 3.61. The summed E-state index contributed by atoms with van der Waals surface area (Å²) in [4.78, 5) is 14.8. The molecule has 1 aliphatic heterocycles. The minimum Gasteiger partial charge on any atom is -0.326 e. The second kappa shape index (κ2) is 7.62. The Morgan fingerprint density at radius 1 is 1.09 bits per heavy atom. The van der Waals surface area contributed by atoms with Gasteiger partial charge in [0, 0.05) is 23.2 Å². The van der Waals surface area contributed by atoms with Crippen LogP contribution < -0.4 is 5.32 Å². The molecule has 2 aromatic rings. The molecule has 0 aromatic heterocycles. The van der Waals surface area contributed by atoms with Gasteiger partial charge >= 0.3 is 0 Å². The Balaban J connectivity index is 1.49. The van der Waals surface area contributed by atoms with Crippen molar-refractivity contribution < 1.29 is 4.79 Å². The van der Waals surface area contributed by atoms with E-state index in [0.29, 0.717) is 5.02 Å². The van der Waals surface area contributed by atoms with Crippen molar-refractivity contribution in [2.45, 2.75) is 19.4 Å². The van der Waals surface area contributed by atoms with Crippen molar-refractivity contribution in [3.8, 4) is 0 Å². The predicted molar refractivity (Wildman–Crippen MR) is 94.5 cm³/mol. The van der Waals surface area contributed by atoms with Gasteiger partial charge in [0.15, 0.2) is 0 Å². The van der Waals surface area contributed by atoms with Crippen molar-refractivity contribution in [2.24, 2.45) is 5.92 Å². The Hall–Kier alpha value is -1.84. The molecule has 120 valence electrons. The van der Waals surface area contributed by atoms with Gasteiger partial charge in [0.2, 0.25) is 5.91 Å². The first kappa shape index (κ1) is 16.0. The summed E-state index contributed by atoms with van der Waals surface area (Å²) in [6.45, 7) is 2.88. The molecule has 4 heteroatoms. The van der Waals surface area contributed by atoms with Crippen LogP contribution in [0.2, 0.25) is 5.02 Å². The number of nitrogens with one attached hydrogen (secondary N) is 1. The lowest BCUT2D eigenvalue weighted by atomic mass is 9.95. The molecule has 0 bridgehead atoms. The molecule has 23 heavy (non-hydrogen) atoms. The average molecular weight is 329 g/mol. The van der Waals surface area contributed by atoms with Crippen LogP contribution in [0, 0.1) is 5.92 Å². The third-order valence-electron chi connectivity index (χ3n) is 4.30. The number of halogens is 1. The van der Waals surface area contributed by atoms with E-state index >= 15 is 0 Å². The standard InChI is InChI=1S/C19H21ClN2O/c20-17-7-4-8-18(13-17)21-19(23)16-9-11-22(12-10-16)14-15-5-2-1-3-6-15/h1-8,13,16H,9-12,14H2,(H,21,23). The molecule has 0 unspecified atom stereocenters. The number of amides is 1. The fourth-order valence-electron chi connectivity index (χ4n) is 3.01. The van der Waals surface area contributed by atoms with Crippen LogP contribution in [0.3, 0.4) is 0 Å². The van der Waals surface area contributed by atoms with Crippen LogP contribution in [0.1, 0.15) is 18.4 Å². The zero-order valence-electron chi connectivity index (χ0n) is 13.0. The van der Waals surface area contributed by atoms with Crippen molar-refractivity contribution >= 4 is 23.2 Å². The van der Waals surface area contributed by atoms with Gasteiger partial charge in [-0.3, -0.25) is 9.69 Å². The Kier molecular flexibility index (Phi) is 5.31. The maximum Gasteiger partial charge on any atom is 0.227 e. The molecule has 2 aromatic carbocycles. The summed E-state index contributed by atoms with van der Waals surface area (Å²) < 4.78 is 0. The van der Waals surface area contributed by atoms with E-state index < -0.39 is 0 Å². The summed E-state index contributed by atoms with van der Waals surface area (Å²) in [5.41, 5.74) is 2.10. The number of carbonyl (C=O) groups is 1. The third kappa shape index (κ3) is 4.57. The Labute approximate surface area is 142 Å². The normalized spacial score (nSPS) is 16.2. The van der Waals surface area contributed by atoms with E-state index in [2.05, 4.69) is 34.5 Å². The number of piperidine rings is 1. The molecule has 0 saturated carbocycles. The molecule has 1 saturated heterocycles. The molecule has 1 amide bonds. The number of nitrogens with zero attached hydrogens (tertiary/aromatic N) is 1. The molecule has 0 atom stereocenters. The highest BCUT2D eigenvalue weighted by atomic mass is 35.5. The van der Waals surface area contributed by atoms with Crippen LogP contribution in [0.15, 0.2) is 54.6 Å². The number of hydrogen-bond donors (Lipinski definition) is 1. The molecule has 3 nitrogen and oxygen atoms in total. The highest BCUT2D eigenvalue weighted by Gasteiger charge is 2.25. The monoisotopic (exact) mass is 328 g/mol. The summed E-state index contributed by atoms with van der Waals surface area (Å²) >= 11 is 5.95. The van der Waals surface area contributed by atoms with Gasteiger partial charge < -0.3 is 5.32 Å². The second-order valence-electron chi connectivity index (χ2n) is 6.04. The van der Waals surface area contributed by atoms with E-state index in [0.717, 1.165) is 38.2 Å². The quantitative estimate of drug-likeness (QED) is 0.912. The lowest BCUT2D eigenvalue weighted by molar-refractivity contribution is -0.121. The van der Waals surface area contributed by atoms with Crippen LogP contribution in [-0.4, -0.2) is 23.9 Å². The minimum absolute atomic E-state index is 0.0843. The van der Waals surface area contributed by atoms with Crippen LogP contribution in [-0.2, 0) is 11.3 Å². The fourth-order valence-corrected chi connectivity index (χ4v) is 3.20. The predicted octanol–water partition coefficient (Wildman–Crippen LogP) is 4.19. The van der Waals surface area contributed by atoms with Gasteiger partial charge in [-0.25, -0.2) is 0 Å². The van der Waals surface area contributed by atoms with Gasteiger partial charge in [-0.2, -0.15) is 0 Å². The van der Waals surface area contributed by atoms with E-state index in [1.54, 1.807) is 12.1 Å². The lowest BCUT2D eigenvalue weighted by Gasteiger charge is -2.31. The van der Waals surface area contributed by atoms with E-state index in [-0.39, 0.29) is 11.8 Å². The largest absolute Gasteiger partial charge is 0.326 e. The van der Waals surface area contributed by atoms with E-state index in [9.17, 15) is 4.79 Å². The van der Waals surface area contributed by atoms with E-state index in [4.69, 9.17) is 11.6 Å². The van der Waals surface area contributed by atoms with Gasteiger partial charge in [0.25, 0.3) is 0 Å². The van der Waals surface area contributed by atoms with E-state index in [1.807, 2.05) is 18.2 Å². The molecule has 0 radical (unpaired) electrons.